The van der Waals surface area contributed by atoms with Gasteiger partial charge in [-0.15, -0.1) is 16.4 Å². The van der Waals surface area contributed by atoms with Crippen LogP contribution in [0.2, 0.25) is 0 Å². The smallest absolute Gasteiger partial charge is 0.266 e. The van der Waals surface area contributed by atoms with Crippen molar-refractivity contribution in [1.82, 2.24) is 15.1 Å². The molecule has 2 rings (SSSR count). The molecule has 0 spiro atoms. The van der Waals surface area contributed by atoms with E-state index in [1.54, 1.807) is 17.2 Å². The number of anilines is 1. The number of aromatic nitrogens is 2. The third kappa shape index (κ3) is 1.95. The Bertz CT molecular complexity index is 547. The maximum atomic E-state index is 12.2. The van der Waals surface area contributed by atoms with Gasteiger partial charge < -0.3 is 10.6 Å². The minimum Gasteiger partial charge on any atom is -0.397 e. The zero-order valence-electron chi connectivity index (χ0n) is 9.80. The summed E-state index contributed by atoms with van der Waals surface area (Å²) in [7, 11) is 0. The fourth-order valence-electron chi connectivity index (χ4n) is 1.69. The molecule has 0 saturated carbocycles. The summed E-state index contributed by atoms with van der Waals surface area (Å²) in [4.78, 5) is 15.2. The van der Waals surface area contributed by atoms with Gasteiger partial charge in [0, 0.05) is 18.5 Å². The van der Waals surface area contributed by atoms with Gasteiger partial charge in [0.1, 0.15) is 9.71 Å². The molecule has 0 saturated heterocycles. The van der Waals surface area contributed by atoms with E-state index in [2.05, 4.69) is 10.2 Å². The second-order valence-corrected chi connectivity index (χ2v) is 4.57. The van der Waals surface area contributed by atoms with Crippen LogP contribution in [-0.2, 0) is 0 Å². The standard InChI is InChI=1S/C11H14N4OS/c1-3-15(4-2)11(16)9-8(12)7-5-6-13-14-10(7)17-9/h5-6H,3-4,12H2,1-2H3. The van der Waals surface area contributed by atoms with Crippen LogP contribution in [0.15, 0.2) is 12.3 Å². The van der Waals surface area contributed by atoms with Crippen molar-refractivity contribution < 1.29 is 4.79 Å². The van der Waals surface area contributed by atoms with E-state index < -0.39 is 0 Å². The zero-order chi connectivity index (χ0) is 12.4. The van der Waals surface area contributed by atoms with Crippen molar-refractivity contribution in [3.05, 3.63) is 17.1 Å². The molecule has 2 aromatic rings. The number of amides is 1. The summed E-state index contributed by atoms with van der Waals surface area (Å²) in [6.45, 7) is 5.25. The highest BCUT2D eigenvalue weighted by molar-refractivity contribution is 7.21. The quantitative estimate of drug-likeness (QED) is 0.900. The van der Waals surface area contributed by atoms with Gasteiger partial charge in [-0.05, 0) is 19.9 Å². The molecule has 2 N–H and O–H groups in total. The number of nitrogen functional groups attached to an aromatic ring is 1. The van der Waals surface area contributed by atoms with E-state index in [1.807, 2.05) is 13.8 Å². The normalized spacial score (nSPS) is 10.7. The van der Waals surface area contributed by atoms with E-state index >= 15 is 0 Å². The molecule has 0 unspecified atom stereocenters. The zero-order valence-corrected chi connectivity index (χ0v) is 10.6. The lowest BCUT2D eigenvalue weighted by Gasteiger charge is -2.17. The lowest BCUT2D eigenvalue weighted by molar-refractivity contribution is 0.0779. The molecule has 0 fully saturated rings. The van der Waals surface area contributed by atoms with E-state index in [0.29, 0.717) is 28.5 Å². The van der Waals surface area contributed by atoms with Crippen LogP contribution in [0.1, 0.15) is 23.5 Å². The minimum atomic E-state index is -0.0319. The Hall–Kier alpha value is -1.69. The summed E-state index contributed by atoms with van der Waals surface area (Å²) in [5.74, 6) is -0.0319. The molecule has 2 aromatic heterocycles. The Labute approximate surface area is 103 Å². The van der Waals surface area contributed by atoms with Crippen LogP contribution < -0.4 is 5.73 Å². The van der Waals surface area contributed by atoms with E-state index in [1.165, 1.54) is 11.3 Å². The first-order valence-corrected chi connectivity index (χ1v) is 6.29. The second-order valence-electron chi connectivity index (χ2n) is 3.57. The summed E-state index contributed by atoms with van der Waals surface area (Å²) >= 11 is 1.30. The molecule has 0 aliphatic heterocycles. The molecule has 0 aromatic carbocycles. The van der Waals surface area contributed by atoms with E-state index in [9.17, 15) is 4.79 Å². The van der Waals surface area contributed by atoms with Crippen molar-refractivity contribution in [2.45, 2.75) is 13.8 Å². The Morgan fingerprint density at radius 1 is 1.47 bits per heavy atom. The first kappa shape index (κ1) is 11.8. The minimum absolute atomic E-state index is 0.0319. The highest BCUT2D eigenvalue weighted by Crippen LogP contribution is 2.32. The molecule has 2 heterocycles. The monoisotopic (exact) mass is 250 g/mol. The first-order valence-electron chi connectivity index (χ1n) is 5.48. The summed E-state index contributed by atoms with van der Waals surface area (Å²) < 4.78 is 0. The topological polar surface area (TPSA) is 72.1 Å². The van der Waals surface area contributed by atoms with Crippen molar-refractivity contribution in [1.29, 1.82) is 0 Å². The first-order chi connectivity index (χ1) is 8.19. The third-order valence-corrected chi connectivity index (χ3v) is 3.76. The van der Waals surface area contributed by atoms with Crippen LogP contribution in [0.25, 0.3) is 10.2 Å². The maximum Gasteiger partial charge on any atom is 0.266 e. The molecule has 0 aliphatic carbocycles. The van der Waals surface area contributed by atoms with Gasteiger partial charge in [-0.2, -0.15) is 5.10 Å². The number of carbonyl (C=O) groups is 1. The fraction of sp³-hybridized carbons (Fsp3) is 0.364. The SMILES string of the molecule is CCN(CC)C(=O)c1sc2nnccc2c1N. The highest BCUT2D eigenvalue weighted by atomic mass is 32.1. The van der Waals surface area contributed by atoms with Crippen molar-refractivity contribution in [3.8, 4) is 0 Å². The Balaban J connectivity index is 2.49. The molecular formula is C11H14N4OS. The molecule has 0 atom stereocenters. The molecule has 0 bridgehead atoms. The van der Waals surface area contributed by atoms with Crippen LogP contribution in [0, 0.1) is 0 Å². The summed E-state index contributed by atoms with van der Waals surface area (Å²) in [5.41, 5.74) is 6.49. The predicted octanol–water partition coefficient (Wildman–Crippen LogP) is 1.76. The Morgan fingerprint density at radius 3 is 2.76 bits per heavy atom. The molecule has 17 heavy (non-hydrogen) atoms. The number of hydrogen-bond acceptors (Lipinski definition) is 5. The highest BCUT2D eigenvalue weighted by Gasteiger charge is 2.20. The van der Waals surface area contributed by atoms with Crippen molar-refractivity contribution in [2.24, 2.45) is 0 Å². The van der Waals surface area contributed by atoms with Gasteiger partial charge in [0.25, 0.3) is 5.91 Å². The van der Waals surface area contributed by atoms with Gasteiger partial charge in [0.05, 0.1) is 11.9 Å². The average Bonchev–Trinajstić information content (AvgIpc) is 2.69. The van der Waals surface area contributed by atoms with Gasteiger partial charge in [0.2, 0.25) is 0 Å². The summed E-state index contributed by atoms with van der Waals surface area (Å²) in [6, 6.07) is 1.78. The molecule has 5 nitrogen and oxygen atoms in total. The number of fused-ring (bicyclic) bond motifs is 1. The van der Waals surface area contributed by atoms with Crippen LogP contribution >= 0.6 is 11.3 Å². The lowest BCUT2D eigenvalue weighted by Crippen LogP contribution is -2.30. The molecular weight excluding hydrogens is 236 g/mol. The molecule has 90 valence electrons. The number of hydrogen-bond donors (Lipinski definition) is 1. The van der Waals surface area contributed by atoms with Gasteiger partial charge >= 0.3 is 0 Å². The summed E-state index contributed by atoms with van der Waals surface area (Å²) in [5, 5.41) is 8.57. The Morgan fingerprint density at radius 2 is 2.18 bits per heavy atom. The van der Waals surface area contributed by atoms with Gasteiger partial charge in [-0.3, -0.25) is 4.79 Å². The molecule has 0 radical (unpaired) electrons. The van der Waals surface area contributed by atoms with Crippen LogP contribution in [0.3, 0.4) is 0 Å². The molecule has 6 heteroatoms. The number of rotatable bonds is 3. The fourth-order valence-corrected chi connectivity index (χ4v) is 2.69. The second kappa shape index (κ2) is 4.67. The third-order valence-electron chi connectivity index (χ3n) is 2.67. The van der Waals surface area contributed by atoms with Crippen molar-refractivity contribution in [2.75, 3.05) is 18.8 Å². The van der Waals surface area contributed by atoms with Crippen molar-refractivity contribution in [3.63, 3.8) is 0 Å². The van der Waals surface area contributed by atoms with Crippen LogP contribution in [-0.4, -0.2) is 34.1 Å². The number of thiophene rings is 1. The van der Waals surface area contributed by atoms with E-state index in [4.69, 9.17) is 5.73 Å². The number of carbonyl (C=O) groups excluding carboxylic acids is 1. The van der Waals surface area contributed by atoms with Gasteiger partial charge in [-0.25, -0.2) is 0 Å². The largest absolute Gasteiger partial charge is 0.397 e. The lowest BCUT2D eigenvalue weighted by atomic mass is 10.2. The maximum absolute atomic E-state index is 12.2. The molecule has 0 aliphatic rings. The summed E-state index contributed by atoms with van der Waals surface area (Å²) in [6.07, 6.45) is 1.58. The van der Waals surface area contributed by atoms with Crippen LogP contribution in [0.4, 0.5) is 5.69 Å². The average molecular weight is 250 g/mol. The predicted molar refractivity (Wildman–Crippen MR) is 69.1 cm³/mol. The van der Waals surface area contributed by atoms with Gasteiger partial charge in [0.15, 0.2) is 0 Å². The number of nitrogens with zero attached hydrogens (tertiary/aromatic N) is 3. The Kier molecular flexibility index (Phi) is 3.23. The van der Waals surface area contributed by atoms with Crippen LogP contribution in [0.5, 0.6) is 0 Å². The number of nitrogens with two attached hydrogens (primary N) is 1. The van der Waals surface area contributed by atoms with E-state index in [0.717, 1.165) is 5.39 Å². The van der Waals surface area contributed by atoms with E-state index in [-0.39, 0.29) is 5.91 Å². The van der Waals surface area contributed by atoms with Gasteiger partial charge in [-0.1, -0.05) is 0 Å². The molecule has 1 amide bonds. The van der Waals surface area contributed by atoms with Crippen molar-refractivity contribution >= 4 is 33.1 Å².